The summed E-state index contributed by atoms with van der Waals surface area (Å²) in [6.45, 7) is 5.94. The molecule has 0 N–H and O–H groups in total. The third kappa shape index (κ3) is 3.20. The molecule has 3 heterocycles. The van der Waals surface area contributed by atoms with Crippen LogP contribution >= 0.6 is 11.8 Å². The third-order valence-electron chi connectivity index (χ3n) is 3.82. The molecule has 2 fully saturated rings. The van der Waals surface area contributed by atoms with Crippen LogP contribution in [0.2, 0.25) is 0 Å². The van der Waals surface area contributed by atoms with E-state index in [0.29, 0.717) is 5.92 Å². The van der Waals surface area contributed by atoms with Gasteiger partial charge in [0.25, 0.3) is 0 Å². The first kappa shape index (κ1) is 13.2. The predicted octanol–water partition coefficient (Wildman–Crippen LogP) is 2.23. The van der Waals surface area contributed by atoms with Crippen molar-refractivity contribution < 1.29 is 4.74 Å². The summed E-state index contributed by atoms with van der Waals surface area (Å²) in [5.41, 5.74) is 1.21. The number of rotatable bonds is 2. The number of hydrogen-bond acceptors (Lipinski definition) is 5. The largest absolute Gasteiger partial charge is 0.381 e. The van der Waals surface area contributed by atoms with Gasteiger partial charge in [0, 0.05) is 55.5 Å². The van der Waals surface area contributed by atoms with Gasteiger partial charge in [-0.25, -0.2) is 9.97 Å². The van der Waals surface area contributed by atoms with Crippen LogP contribution in [0, 0.1) is 6.92 Å². The van der Waals surface area contributed by atoms with Crippen molar-refractivity contribution in [2.24, 2.45) is 0 Å². The first-order chi connectivity index (χ1) is 9.33. The normalized spacial score (nSPS) is 21.6. The van der Waals surface area contributed by atoms with Crippen LogP contribution in [0.1, 0.15) is 30.3 Å². The molecule has 0 saturated carbocycles. The molecule has 2 aliphatic heterocycles. The molecule has 19 heavy (non-hydrogen) atoms. The Morgan fingerprint density at radius 3 is 2.68 bits per heavy atom. The second-order valence-electron chi connectivity index (χ2n) is 5.18. The minimum atomic E-state index is 0.549. The highest BCUT2D eigenvalue weighted by Crippen LogP contribution is 2.28. The quantitative estimate of drug-likeness (QED) is 0.830. The molecule has 104 valence electrons. The monoisotopic (exact) mass is 279 g/mol. The van der Waals surface area contributed by atoms with Gasteiger partial charge in [0.2, 0.25) is 0 Å². The Kier molecular flexibility index (Phi) is 4.23. The highest BCUT2D eigenvalue weighted by molar-refractivity contribution is 7.99. The van der Waals surface area contributed by atoms with Crippen molar-refractivity contribution in [1.29, 1.82) is 0 Å². The summed E-state index contributed by atoms with van der Waals surface area (Å²) in [7, 11) is 0. The molecule has 1 aromatic rings. The van der Waals surface area contributed by atoms with Gasteiger partial charge in [-0.15, -0.1) is 0 Å². The van der Waals surface area contributed by atoms with Gasteiger partial charge in [-0.2, -0.15) is 11.8 Å². The molecule has 0 spiro atoms. The lowest BCUT2D eigenvalue weighted by Crippen LogP contribution is -2.33. The highest BCUT2D eigenvalue weighted by atomic mass is 32.2. The first-order valence-corrected chi connectivity index (χ1v) is 8.24. The summed E-state index contributed by atoms with van der Waals surface area (Å²) < 4.78 is 5.44. The van der Waals surface area contributed by atoms with Gasteiger partial charge in [0.1, 0.15) is 11.6 Å². The summed E-state index contributed by atoms with van der Waals surface area (Å²) in [6.07, 6.45) is 2.18. The lowest BCUT2D eigenvalue weighted by molar-refractivity contribution is 0.0844. The zero-order valence-electron chi connectivity index (χ0n) is 11.5. The van der Waals surface area contributed by atoms with E-state index in [1.54, 1.807) is 0 Å². The number of ether oxygens (including phenoxy) is 1. The number of anilines is 1. The fourth-order valence-electron chi connectivity index (χ4n) is 2.73. The van der Waals surface area contributed by atoms with Crippen LogP contribution in [-0.2, 0) is 4.74 Å². The molecule has 2 saturated heterocycles. The molecule has 3 rings (SSSR count). The van der Waals surface area contributed by atoms with E-state index in [1.165, 1.54) is 17.2 Å². The van der Waals surface area contributed by atoms with Crippen molar-refractivity contribution in [3.63, 3.8) is 0 Å². The van der Waals surface area contributed by atoms with Crippen molar-refractivity contribution >= 4 is 17.6 Å². The Morgan fingerprint density at radius 2 is 1.95 bits per heavy atom. The summed E-state index contributed by atoms with van der Waals surface area (Å²) in [6, 6.07) is 2.21. The van der Waals surface area contributed by atoms with Crippen LogP contribution in [0.25, 0.3) is 0 Å². The van der Waals surface area contributed by atoms with Crippen molar-refractivity contribution in [1.82, 2.24) is 9.97 Å². The molecular formula is C14H21N3OS. The number of aromatic nitrogens is 2. The van der Waals surface area contributed by atoms with Crippen LogP contribution in [0.15, 0.2) is 6.07 Å². The van der Waals surface area contributed by atoms with E-state index in [0.717, 1.165) is 50.8 Å². The average molecular weight is 279 g/mol. The van der Waals surface area contributed by atoms with E-state index in [2.05, 4.69) is 20.9 Å². The minimum absolute atomic E-state index is 0.549. The van der Waals surface area contributed by atoms with E-state index >= 15 is 0 Å². The second kappa shape index (κ2) is 6.09. The van der Waals surface area contributed by atoms with Gasteiger partial charge in [0.05, 0.1) is 0 Å². The predicted molar refractivity (Wildman–Crippen MR) is 79.1 cm³/mol. The number of thioether (sulfide) groups is 1. The molecule has 2 aliphatic rings. The molecule has 4 nitrogen and oxygen atoms in total. The van der Waals surface area contributed by atoms with Crippen LogP contribution in [-0.4, -0.2) is 47.8 Å². The van der Waals surface area contributed by atoms with E-state index in [1.807, 2.05) is 18.7 Å². The topological polar surface area (TPSA) is 38.2 Å². The molecule has 0 radical (unpaired) electrons. The minimum Gasteiger partial charge on any atom is -0.381 e. The van der Waals surface area contributed by atoms with Gasteiger partial charge in [0.15, 0.2) is 0 Å². The number of hydrogen-bond donors (Lipinski definition) is 0. The first-order valence-electron chi connectivity index (χ1n) is 7.09. The van der Waals surface area contributed by atoms with Crippen LogP contribution in [0.3, 0.4) is 0 Å². The van der Waals surface area contributed by atoms with Crippen molar-refractivity contribution in [3.05, 3.63) is 17.6 Å². The maximum Gasteiger partial charge on any atom is 0.132 e. The van der Waals surface area contributed by atoms with Gasteiger partial charge >= 0.3 is 0 Å². The lowest BCUT2D eigenvalue weighted by Gasteiger charge is -2.29. The third-order valence-corrected chi connectivity index (χ3v) is 4.76. The molecule has 0 amide bonds. The Balaban J connectivity index is 1.82. The fourth-order valence-corrected chi connectivity index (χ4v) is 3.63. The molecule has 5 heteroatoms. The zero-order chi connectivity index (χ0) is 13.1. The Labute approximate surface area is 119 Å². The van der Waals surface area contributed by atoms with Crippen LogP contribution < -0.4 is 4.90 Å². The SMILES string of the molecule is Cc1nc(C2CCOCC2)cc(N2CCSCC2)n1. The van der Waals surface area contributed by atoms with E-state index in [4.69, 9.17) is 4.74 Å². The Bertz CT molecular complexity index is 392. The van der Waals surface area contributed by atoms with Crippen molar-refractivity contribution in [2.45, 2.75) is 25.7 Å². The molecule has 0 aromatic carbocycles. The Hall–Kier alpha value is -0.810. The molecule has 1 aromatic heterocycles. The maximum atomic E-state index is 5.44. The lowest BCUT2D eigenvalue weighted by atomic mass is 9.96. The van der Waals surface area contributed by atoms with Gasteiger partial charge in [-0.05, 0) is 19.8 Å². The Morgan fingerprint density at radius 1 is 1.21 bits per heavy atom. The smallest absolute Gasteiger partial charge is 0.132 e. The molecular weight excluding hydrogens is 258 g/mol. The fraction of sp³-hybridized carbons (Fsp3) is 0.714. The zero-order valence-corrected chi connectivity index (χ0v) is 12.3. The number of nitrogens with zero attached hydrogens (tertiary/aromatic N) is 3. The van der Waals surface area contributed by atoms with Crippen molar-refractivity contribution in [3.8, 4) is 0 Å². The van der Waals surface area contributed by atoms with Crippen LogP contribution in [0.5, 0.6) is 0 Å². The summed E-state index contributed by atoms with van der Waals surface area (Å²) >= 11 is 2.03. The average Bonchev–Trinajstić information content (AvgIpc) is 2.48. The van der Waals surface area contributed by atoms with Gasteiger partial charge in [-0.1, -0.05) is 0 Å². The molecule has 0 aliphatic carbocycles. The van der Waals surface area contributed by atoms with Crippen molar-refractivity contribution in [2.75, 3.05) is 42.7 Å². The number of aryl methyl sites for hydroxylation is 1. The summed E-state index contributed by atoms with van der Waals surface area (Å²) in [4.78, 5) is 11.7. The maximum absolute atomic E-state index is 5.44. The molecule has 0 bridgehead atoms. The summed E-state index contributed by atoms with van der Waals surface area (Å²) in [5, 5.41) is 0. The van der Waals surface area contributed by atoms with Gasteiger partial charge < -0.3 is 9.64 Å². The molecule has 0 unspecified atom stereocenters. The van der Waals surface area contributed by atoms with Crippen LogP contribution in [0.4, 0.5) is 5.82 Å². The highest BCUT2D eigenvalue weighted by Gasteiger charge is 2.20. The molecule has 0 atom stereocenters. The summed E-state index contributed by atoms with van der Waals surface area (Å²) in [5.74, 6) is 4.98. The van der Waals surface area contributed by atoms with E-state index in [-0.39, 0.29) is 0 Å². The van der Waals surface area contributed by atoms with Gasteiger partial charge in [-0.3, -0.25) is 0 Å². The second-order valence-corrected chi connectivity index (χ2v) is 6.41. The standard InChI is InChI=1S/C14H21N3OS/c1-11-15-13(12-2-6-18-7-3-12)10-14(16-11)17-4-8-19-9-5-17/h10,12H,2-9H2,1H3. The van der Waals surface area contributed by atoms with E-state index < -0.39 is 0 Å². The van der Waals surface area contributed by atoms with E-state index in [9.17, 15) is 0 Å².